The average Bonchev–Trinajstić information content (AvgIpc) is 2.95. The minimum atomic E-state index is -0.699. The molecule has 1 heterocycles. The van der Waals surface area contributed by atoms with E-state index in [1.807, 2.05) is 24.3 Å². The summed E-state index contributed by atoms with van der Waals surface area (Å²) >= 11 is 1.37. The van der Waals surface area contributed by atoms with Gasteiger partial charge in [0.25, 0.3) is 0 Å². The van der Waals surface area contributed by atoms with E-state index in [-0.39, 0.29) is 52.2 Å². The van der Waals surface area contributed by atoms with Crippen LogP contribution >= 0.6 is 11.8 Å². The summed E-state index contributed by atoms with van der Waals surface area (Å²) < 4.78 is 10.5. The summed E-state index contributed by atoms with van der Waals surface area (Å²) in [5.41, 5.74) is 1.37. The zero-order valence-corrected chi connectivity index (χ0v) is 18.5. The molecule has 2 rings (SSSR count). The Bertz CT molecular complexity index is 907. The highest BCUT2D eigenvalue weighted by Crippen LogP contribution is 2.29. The van der Waals surface area contributed by atoms with Crippen LogP contribution in [0.1, 0.15) is 66.7 Å². The second-order valence-electron chi connectivity index (χ2n) is 7.63. The summed E-state index contributed by atoms with van der Waals surface area (Å²) in [5.74, 6) is -1.03. The number of hydrogen-bond acceptors (Lipinski definition) is 6. The predicted octanol–water partition coefficient (Wildman–Crippen LogP) is 5.00. The van der Waals surface area contributed by atoms with Crippen molar-refractivity contribution in [2.24, 2.45) is 0 Å². The normalized spacial score (nSPS) is 11.2. The lowest BCUT2D eigenvalue weighted by molar-refractivity contribution is -0.113. The zero-order valence-electron chi connectivity index (χ0n) is 17.7. The van der Waals surface area contributed by atoms with Crippen LogP contribution in [0.4, 0.5) is 5.88 Å². The van der Waals surface area contributed by atoms with Crippen molar-refractivity contribution in [1.29, 1.82) is 0 Å². The number of carbonyl (C=O) groups is 3. The van der Waals surface area contributed by atoms with Gasteiger partial charge < -0.3 is 9.15 Å². The first-order chi connectivity index (χ1) is 13.5. The summed E-state index contributed by atoms with van der Waals surface area (Å²) in [6.45, 7) is 11.1. The van der Waals surface area contributed by atoms with Gasteiger partial charge in [-0.25, -0.2) is 4.79 Å². The highest BCUT2D eigenvalue weighted by atomic mass is 32.2. The van der Waals surface area contributed by atoms with Crippen LogP contribution < -0.4 is 5.32 Å². The monoisotopic (exact) mass is 417 g/mol. The second kappa shape index (κ2) is 9.31. The third-order valence-corrected chi connectivity index (χ3v) is 5.27. The summed E-state index contributed by atoms with van der Waals surface area (Å²) in [6, 6.07) is 8.06. The van der Waals surface area contributed by atoms with Crippen LogP contribution in [0.2, 0.25) is 0 Å². The summed E-state index contributed by atoms with van der Waals surface area (Å²) in [4.78, 5) is 37.6. The fourth-order valence-corrected chi connectivity index (χ4v) is 3.52. The largest absolute Gasteiger partial charge is 0.462 e. The van der Waals surface area contributed by atoms with Gasteiger partial charge in [-0.15, -0.1) is 11.8 Å². The molecule has 0 fully saturated rings. The lowest BCUT2D eigenvalue weighted by Crippen LogP contribution is -2.17. The van der Waals surface area contributed by atoms with Gasteiger partial charge in [0.15, 0.2) is 5.78 Å². The predicted molar refractivity (Wildman–Crippen MR) is 114 cm³/mol. The molecule has 1 amide bonds. The van der Waals surface area contributed by atoms with Crippen LogP contribution in [-0.2, 0) is 14.9 Å². The highest BCUT2D eigenvalue weighted by Gasteiger charge is 2.28. The maximum absolute atomic E-state index is 12.4. The van der Waals surface area contributed by atoms with Crippen molar-refractivity contribution in [2.75, 3.05) is 17.7 Å². The minimum Gasteiger partial charge on any atom is -0.462 e. The number of amides is 1. The Kier molecular flexibility index (Phi) is 7.30. The lowest BCUT2D eigenvalue weighted by Gasteiger charge is -2.19. The molecule has 0 saturated heterocycles. The van der Waals surface area contributed by atoms with Gasteiger partial charge in [0.2, 0.25) is 11.8 Å². The van der Waals surface area contributed by atoms with Crippen molar-refractivity contribution in [3.05, 3.63) is 46.7 Å². The number of carbonyl (C=O) groups excluding carboxylic acids is 3. The molecule has 156 valence electrons. The molecule has 0 radical (unpaired) electrons. The molecule has 0 aliphatic rings. The quantitative estimate of drug-likeness (QED) is 0.388. The lowest BCUT2D eigenvalue weighted by atomic mass is 9.87. The Balaban J connectivity index is 2.11. The van der Waals surface area contributed by atoms with Gasteiger partial charge in [0.1, 0.15) is 11.3 Å². The number of furan rings is 1. The molecular formula is C22H27NO5S. The first kappa shape index (κ1) is 22.7. The van der Waals surface area contributed by atoms with Gasteiger partial charge in [-0.05, 0) is 43.9 Å². The Morgan fingerprint density at radius 2 is 1.72 bits per heavy atom. The molecule has 1 aromatic carbocycles. The van der Waals surface area contributed by atoms with Gasteiger partial charge in [0, 0.05) is 4.90 Å². The maximum Gasteiger partial charge on any atom is 0.344 e. The zero-order chi connectivity index (χ0) is 21.8. The Morgan fingerprint density at radius 1 is 1.10 bits per heavy atom. The molecule has 7 heteroatoms. The molecule has 0 aliphatic heterocycles. The first-order valence-corrected chi connectivity index (χ1v) is 10.4. The summed E-state index contributed by atoms with van der Waals surface area (Å²) in [6.07, 6.45) is 0. The fourth-order valence-electron chi connectivity index (χ4n) is 2.82. The van der Waals surface area contributed by atoms with E-state index in [0.29, 0.717) is 0 Å². The number of aryl methyl sites for hydroxylation is 1. The highest BCUT2D eigenvalue weighted by molar-refractivity contribution is 8.00. The fraction of sp³-hybridized carbons (Fsp3) is 0.409. The van der Waals surface area contributed by atoms with Crippen molar-refractivity contribution >= 4 is 35.3 Å². The van der Waals surface area contributed by atoms with E-state index >= 15 is 0 Å². The molecule has 0 saturated carbocycles. The van der Waals surface area contributed by atoms with E-state index in [2.05, 4.69) is 26.1 Å². The van der Waals surface area contributed by atoms with Gasteiger partial charge in [-0.1, -0.05) is 32.9 Å². The van der Waals surface area contributed by atoms with E-state index in [4.69, 9.17) is 9.15 Å². The smallest absolute Gasteiger partial charge is 0.344 e. The van der Waals surface area contributed by atoms with Crippen molar-refractivity contribution in [3.63, 3.8) is 0 Å². The molecule has 6 nitrogen and oxygen atoms in total. The topological polar surface area (TPSA) is 85.6 Å². The van der Waals surface area contributed by atoms with E-state index in [9.17, 15) is 14.4 Å². The van der Waals surface area contributed by atoms with Crippen LogP contribution in [0.3, 0.4) is 0 Å². The van der Waals surface area contributed by atoms with E-state index < -0.39 is 5.97 Å². The van der Waals surface area contributed by atoms with Crippen molar-refractivity contribution in [1.82, 2.24) is 0 Å². The van der Waals surface area contributed by atoms with Crippen molar-refractivity contribution in [2.45, 2.75) is 51.9 Å². The number of rotatable bonds is 7. The van der Waals surface area contributed by atoms with Crippen LogP contribution in [-0.4, -0.2) is 30.0 Å². The van der Waals surface area contributed by atoms with Crippen LogP contribution in [0.15, 0.2) is 33.6 Å². The summed E-state index contributed by atoms with van der Waals surface area (Å²) in [7, 11) is 0. The molecule has 1 N–H and O–H groups in total. The number of anilines is 1. The number of Topliss-reactive ketones (excluding diaryl/α,β-unsaturated/α-hetero) is 1. The van der Waals surface area contributed by atoms with Crippen molar-refractivity contribution in [3.8, 4) is 0 Å². The van der Waals surface area contributed by atoms with Crippen LogP contribution in [0.25, 0.3) is 0 Å². The number of thioether (sulfide) groups is 1. The van der Waals surface area contributed by atoms with Crippen LogP contribution in [0, 0.1) is 6.92 Å². The molecule has 1 aromatic heterocycles. The van der Waals surface area contributed by atoms with Crippen LogP contribution in [0.5, 0.6) is 0 Å². The van der Waals surface area contributed by atoms with E-state index in [1.165, 1.54) is 24.2 Å². The number of esters is 1. The Hall–Kier alpha value is -2.54. The van der Waals surface area contributed by atoms with Crippen molar-refractivity contribution < 1.29 is 23.5 Å². The van der Waals surface area contributed by atoms with E-state index in [0.717, 1.165) is 4.90 Å². The molecule has 0 aliphatic carbocycles. The minimum absolute atomic E-state index is 0.0373. The third kappa shape index (κ3) is 5.73. The van der Waals surface area contributed by atoms with Gasteiger partial charge in [0.05, 0.1) is 17.9 Å². The second-order valence-corrected chi connectivity index (χ2v) is 8.67. The molecule has 0 unspecified atom stereocenters. The Morgan fingerprint density at radius 3 is 2.24 bits per heavy atom. The summed E-state index contributed by atoms with van der Waals surface area (Å²) in [5, 5.41) is 2.59. The number of benzene rings is 1. The van der Waals surface area contributed by atoms with Gasteiger partial charge >= 0.3 is 5.97 Å². The number of ether oxygens (including phenoxy) is 1. The maximum atomic E-state index is 12.4. The molecule has 0 spiro atoms. The van der Waals surface area contributed by atoms with E-state index in [1.54, 1.807) is 13.8 Å². The SMILES string of the molecule is CCOC(=O)c1c(NC(=O)CSc2ccc(C(C)(C)C)cc2)oc(C)c1C(C)=O. The Labute approximate surface area is 175 Å². The van der Waals surface area contributed by atoms with Gasteiger partial charge in [-0.3, -0.25) is 14.9 Å². The molecule has 2 aromatic rings. The molecule has 0 atom stereocenters. The first-order valence-electron chi connectivity index (χ1n) is 9.39. The molecular weight excluding hydrogens is 390 g/mol. The third-order valence-electron chi connectivity index (χ3n) is 4.26. The number of nitrogens with one attached hydrogen (secondary N) is 1. The van der Waals surface area contributed by atoms with Gasteiger partial charge in [-0.2, -0.15) is 0 Å². The number of ketones is 1. The molecule has 0 bridgehead atoms. The number of hydrogen-bond donors (Lipinski definition) is 1. The average molecular weight is 418 g/mol. The molecule has 29 heavy (non-hydrogen) atoms. The standard InChI is InChI=1S/C22H27NO5S/c1-7-27-21(26)19-18(13(2)24)14(3)28-20(19)23-17(25)12-29-16-10-8-15(9-11-16)22(4,5)6/h8-11H,7,12H2,1-6H3,(H,23,25).